The minimum absolute atomic E-state index is 0.0137. The smallest absolute Gasteiger partial charge is 0.376 e. The van der Waals surface area contributed by atoms with Crippen molar-refractivity contribution in [3.8, 4) is 6.07 Å². The monoisotopic (exact) mass is 284 g/mol. The van der Waals surface area contributed by atoms with Gasteiger partial charge in [0.1, 0.15) is 6.07 Å². The second-order valence-electron chi connectivity index (χ2n) is 5.18. The van der Waals surface area contributed by atoms with E-state index < -0.39 is 11.7 Å². The second kappa shape index (κ2) is 4.98. The largest absolute Gasteiger partial charge is 0.416 e. The molecule has 0 aliphatic carbocycles. The molecule has 20 heavy (non-hydrogen) atoms. The third-order valence-corrected chi connectivity index (χ3v) is 3.77. The van der Waals surface area contributed by atoms with Gasteiger partial charge in [-0.25, -0.2) is 0 Å². The number of nitrogens with zero attached hydrogens (tertiary/aromatic N) is 1. The second-order valence-corrected chi connectivity index (χ2v) is 5.18. The van der Waals surface area contributed by atoms with Crippen LogP contribution in [0.3, 0.4) is 0 Å². The van der Waals surface area contributed by atoms with Crippen LogP contribution in [0.25, 0.3) is 0 Å². The van der Waals surface area contributed by atoms with Crippen molar-refractivity contribution in [1.29, 1.82) is 5.26 Å². The van der Waals surface area contributed by atoms with Crippen LogP contribution in [0.2, 0.25) is 0 Å². The molecule has 1 N–H and O–H groups in total. The van der Waals surface area contributed by atoms with Crippen LogP contribution in [-0.4, -0.2) is 18.2 Å². The van der Waals surface area contributed by atoms with E-state index >= 15 is 0 Å². The molecule has 0 aromatic heterocycles. The highest BCUT2D eigenvalue weighted by Gasteiger charge is 2.38. The predicted molar refractivity (Wildman–Crippen MR) is 68.2 cm³/mol. The van der Waals surface area contributed by atoms with Gasteiger partial charge in [-0.2, -0.15) is 18.4 Å². The molecular weight excluding hydrogens is 269 g/mol. The Morgan fingerprint density at radius 3 is 2.65 bits per heavy atom. The highest BCUT2D eigenvalue weighted by Crippen LogP contribution is 2.34. The topological polar surface area (TPSA) is 45.0 Å². The van der Waals surface area contributed by atoms with Crippen LogP contribution in [0.5, 0.6) is 0 Å². The fourth-order valence-corrected chi connectivity index (χ4v) is 2.23. The molecule has 1 fully saturated rings. The van der Waals surface area contributed by atoms with Gasteiger partial charge in [-0.15, -0.1) is 0 Å². The molecule has 6 heteroatoms. The quantitative estimate of drug-likeness (QED) is 0.903. The molecule has 1 saturated heterocycles. The molecule has 2 unspecified atom stereocenters. The van der Waals surface area contributed by atoms with Crippen molar-refractivity contribution in [1.82, 2.24) is 0 Å². The Bertz CT molecular complexity index is 550. The van der Waals surface area contributed by atoms with Gasteiger partial charge in [0.05, 0.1) is 28.5 Å². The highest BCUT2D eigenvalue weighted by molar-refractivity contribution is 5.60. The summed E-state index contributed by atoms with van der Waals surface area (Å²) < 4.78 is 43.4. The van der Waals surface area contributed by atoms with Gasteiger partial charge < -0.3 is 10.1 Å². The summed E-state index contributed by atoms with van der Waals surface area (Å²) in [6.45, 7) is 4.42. The van der Waals surface area contributed by atoms with E-state index in [0.29, 0.717) is 12.3 Å². The highest BCUT2D eigenvalue weighted by atomic mass is 19.4. The van der Waals surface area contributed by atoms with Gasteiger partial charge in [0, 0.05) is 6.61 Å². The molecule has 1 aliphatic heterocycles. The maximum absolute atomic E-state index is 12.6. The molecule has 0 spiro atoms. The van der Waals surface area contributed by atoms with E-state index in [2.05, 4.69) is 5.32 Å². The molecule has 108 valence electrons. The third-order valence-electron chi connectivity index (χ3n) is 3.77. The molecule has 0 bridgehead atoms. The standard InChI is InChI=1S/C14H15F3N2O/c1-9-13(2,5-6-20-9)19-12-4-3-11(14(15,16)17)7-10(12)8-18/h3-4,7,9,19H,5-6H2,1-2H3. The van der Waals surface area contributed by atoms with E-state index in [1.165, 1.54) is 6.07 Å². The average Bonchev–Trinajstić information content (AvgIpc) is 2.68. The summed E-state index contributed by atoms with van der Waals surface area (Å²) in [4.78, 5) is 0. The van der Waals surface area contributed by atoms with E-state index in [1.54, 1.807) is 0 Å². The minimum Gasteiger partial charge on any atom is -0.376 e. The molecule has 2 atom stereocenters. The van der Waals surface area contributed by atoms with Gasteiger partial charge >= 0.3 is 6.18 Å². The molecule has 0 amide bonds. The molecule has 2 rings (SSSR count). The average molecular weight is 284 g/mol. The van der Waals surface area contributed by atoms with Gasteiger partial charge in [-0.3, -0.25) is 0 Å². The van der Waals surface area contributed by atoms with Gasteiger partial charge in [0.2, 0.25) is 0 Å². The number of nitriles is 1. The van der Waals surface area contributed by atoms with Crippen molar-refractivity contribution < 1.29 is 17.9 Å². The zero-order valence-corrected chi connectivity index (χ0v) is 11.2. The van der Waals surface area contributed by atoms with Crippen molar-refractivity contribution in [2.75, 3.05) is 11.9 Å². The summed E-state index contributed by atoms with van der Waals surface area (Å²) in [5.41, 5.74) is -0.813. The summed E-state index contributed by atoms with van der Waals surface area (Å²) in [5, 5.41) is 12.2. The fraction of sp³-hybridized carbons (Fsp3) is 0.500. The molecule has 0 saturated carbocycles. The maximum Gasteiger partial charge on any atom is 0.416 e. The van der Waals surface area contributed by atoms with Crippen molar-refractivity contribution in [3.05, 3.63) is 29.3 Å². The Balaban J connectivity index is 2.32. The lowest BCUT2D eigenvalue weighted by molar-refractivity contribution is -0.137. The Morgan fingerprint density at radius 2 is 2.15 bits per heavy atom. The van der Waals surface area contributed by atoms with Crippen LogP contribution in [0, 0.1) is 11.3 Å². The van der Waals surface area contributed by atoms with Gasteiger partial charge in [0.15, 0.2) is 0 Å². The molecular formula is C14H15F3N2O. The number of hydrogen-bond donors (Lipinski definition) is 1. The number of benzene rings is 1. The number of alkyl halides is 3. The SMILES string of the molecule is CC1OCCC1(C)Nc1ccc(C(F)(F)F)cc1C#N. The summed E-state index contributed by atoms with van der Waals surface area (Å²) in [5.74, 6) is 0. The summed E-state index contributed by atoms with van der Waals surface area (Å²) >= 11 is 0. The molecule has 1 aromatic carbocycles. The van der Waals surface area contributed by atoms with Crippen molar-refractivity contribution >= 4 is 5.69 Å². The van der Waals surface area contributed by atoms with Crippen molar-refractivity contribution in [2.45, 2.75) is 38.1 Å². The molecule has 1 aliphatic rings. The lowest BCUT2D eigenvalue weighted by Crippen LogP contribution is -2.41. The first-order valence-electron chi connectivity index (χ1n) is 6.27. The van der Waals surface area contributed by atoms with Crippen LogP contribution in [0.4, 0.5) is 18.9 Å². The number of hydrogen-bond acceptors (Lipinski definition) is 3. The van der Waals surface area contributed by atoms with Gasteiger partial charge in [-0.05, 0) is 38.5 Å². The fourth-order valence-electron chi connectivity index (χ4n) is 2.23. The van der Waals surface area contributed by atoms with E-state index in [0.717, 1.165) is 18.6 Å². The van der Waals surface area contributed by atoms with E-state index in [9.17, 15) is 13.2 Å². The van der Waals surface area contributed by atoms with Crippen molar-refractivity contribution in [2.24, 2.45) is 0 Å². The normalized spacial score (nSPS) is 26.3. The first-order valence-corrected chi connectivity index (χ1v) is 6.27. The summed E-state index contributed by atoms with van der Waals surface area (Å²) in [6.07, 6.45) is -3.78. The Morgan fingerprint density at radius 1 is 1.45 bits per heavy atom. The van der Waals surface area contributed by atoms with E-state index in [1.807, 2.05) is 19.9 Å². The van der Waals surface area contributed by atoms with E-state index in [4.69, 9.17) is 10.00 Å². The summed E-state index contributed by atoms with van der Waals surface area (Å²) in [7, 11) is 0. The molecule has 0 radical (unpaired) electrons. The zero-order chi connectivity index (χ0) is 15.0. The third kappa shape index (κ3) is 2.73. The first-order chi connectivity index (χ1) is 9.26. The number of rotatable bonds is 2. The van der Waals surface area contributed by atoms with Crippen LogP contribution in [0.1, 0.15) is 31.4 Å². The number of nitrogens with one attached hydrogen (secondary N) is 1. The van der Waals surface area contributed by atoms with Crippen LogP contribution >= 0.6 is 0 Å². The number of ether oxygens (including phenoxy) is 1. The van der Waals surface area contributed by atoms with Crippen LogP contribution in [-0.2, 0) is 10.9 Å². The molecule has 3 nitrogen and oxygen atoms in total. The van der Waals surface area contributed by atoms with Crippen LogP contribution < -0.4 is 5.32 Å². The Labute approximate surface area is 115 Å². The Hall–Kier alpha value is -1.74. The lowest BCUT2D eigenvalue weighted by atomic mass is 9.93. The minimum atomic E-state index is -4.45. The predicted octanol–water partition coefficient (Wildman–Crippen LogP) is 3.56. The van der Waals surface area contributed by atoms with Gasteiger partial charge in [0.25, 0.3) is 0 Å². The van der Waals surface area contributed by atoms with E-state index in [-0.39, 0.29) is 17.2 Å². The lowest BCUT2D eigenvalue weighted by Gasteiger charge is -2.30. The molecule has 1 aromatic rings. The van der Waals surface area contributed by atoms with Gasteiger partial charge in [-0.1, -0.05) is 0 Å². The Kier molecular flexibility index (Phi) is 3.65. The van der Waals surface area contributed by atoms with Crippen molar-refractivity contribution in [3.63, 3.8) is 0 Å². The number of anilines is 1. The zero-order valence-electron chi connectivity index (χ0n) is 11.2. The number of halogens is 3. The summed E-state index contributed by atoms with van der Waals surface area (Å²) in [6, 6.07) is 4.96. The van der Waals surface area contributed by atoms with Crippen LogP contribution in [0.15, 0.2) is 18.2 Å². The maximum atomic E-state index is 12.6. The molecule has 1 heterocycles. The first kappa shape index (κ1) is 14.7.